The molecule has 112 valence electrons. The maximum Gasteiger partial charge on any atom is 0.157 e. The summed E-state index contributed by atoms with van der Waals surface area (Å²) in [6, 6.07) is 10.4. The van der Waals surface area contributed by atoms with Crippen molar-refractivity contribution >= 4 is 17.0 Å². The predicted octanol–water partition coefficient (Wildman–Crippen LogP) is 2.66. The highest BCUT2D eigenvalue weighted by Crippen LogP contribution is 2.36. The number of aromatic hydroxyl groups is 3. The van der Waals surface area contributed by atoms with Crippen molar-refractivity contribution in [3.63, 3.8) is 0 Å². The SMILES string of the molecule is Br.Oc1cccc(C2CNCCc3cc(O)c(O)cc32)c1. The molecule has 5 heteroatoms. The van der Waals surface area contributed by atoms with Crippen LogP contribution < -0.4 is 5.32 Å². The molecular formula is C16H18BrNO3. The molecule has 0 amide bonds. The van der Waals surface area contributed by atoms with Crippen LogP contribution >= 0.6 is 17.0 Å². The first-order valence-electron chi connectivity index (χ1n) is 6.69. The zero-order valence-electron chi connectivity index (χ0n) is 11.4. The third-order valence-electron chi connectivity index (χ3n) is 3.80. The molecule has 0 saturated carbocycles. The molecule has 1 heterocycles. The third kappa shape index (κ3) is 3.14. The molecule has 0 fully saturated rings. The molecule has 0 spiro atoms. The van der Waals surface area contributed by atoms with Crippen molar-refractivity contribution in [3.05, 3.63) is 53.1 Å². The van der Waals surface area contributed by atoms with Gasteiger partial charge in [0.1, 0.15) is 5.75 Å². The Morgan fingerprint density at radius 1 is 1.00 bits per heavy atom. The molecule has 2 aromatic carbocycles. The summed E-state index contributed by atoms with van der Waals surface area (Å²) in [5, 5.41) is 32.4. The molecule has 1 atom stereocenters. The lowest BCUT2D eigenvalue weighted by molar-refractivity contribution is 0.402. The van der Waals surface area contributed by atoms with Crippen molar-refractivity contribution in [3.8, 4) is 17.2 Å². The highest BCUT2D eigenvalue weighted by atomic mass is 79.9. The number of rotatable bonds is 1. The number of nitrogens with one attached hydrogen (secondary N) is 1. The lowest BCUT2D eigenvalue weighted by Crippen LogP contribution is -2.20. The van der Waals surface area contributed by atoms with Gasteiger partial charge in [-0.2, -0.15) is 0 Å². The minimum absolute atomic E-state index is 0. The molecule has 0 aromatic heterocycles. The Bertz CT molecular complexity index is 645. The van der Waals surface area contributed by atoms with Gasteiger partial charge in [0, 0.05) is 12.5 Å². The van der Waals surface area contributed by atoms with Crippen LogP contribution in [0.15, 0.2) is 36.4 Å². The van der Waals surface area contributed by atoms with Crippen molar-refractivity contribution in [1.29, 1.82) is 0 Å². The molecule has 0 aliphatic carbocycles. The van der Waals surface area contributed by atoms with Crippen molar-refractivity contribution in [1.82, 2.24) is 5.32 Å². The Labute approximate surface area is 133 Å². The van der Waals surface area contributed by atoms with Gasteiger partial charge in [0.05, 0.1) is 0 Å². The summed E-state index contributed by atoms with van der Waals surface area (Å²) in [4.78, 5) is 0. The standard InChI is InChI=1S/C16H17NO3.BrH/c18-12-3-1-2-10(6-12)14-9-17-5-4-11-7-15(19)16(20)8-13(11)14;/h1-3,6-8,14,17-20H,4-5,9H2;1H. The Morgan fingerprint density at radius 3 is 2.52 bits per heavy atom. The van der Waals surface area contributed by atoms with Gasteiger partial charge in [0.2, 0.25) is 0 Å². The number of hydrogen-bond acceptors (Lipinski definition) is 4. The van der Waals surface area contributed by atoms with E-state index < -0.39 is 0 Å². The van der Waals surface area contributed by atoms with Crippen LogP contribution in [-0.2, 0) is 6.42 Å². The molecule has 0 saturated heterocycles. The first-order valence-corrected chi connectivity index (χ1v) is 6.69. The van der Waals surface area contributed by atoms with Gasteiger partial charge in [-0.15, -0.1) is 17.0 Å². The van der Waals surface area contributed by atoms with Gasteiger partial charge in [-0.1, -0.05) is 12.1 Å². The predicted molar refractivity (Wildman–Crippen MR) is 86.6 cm³/mol. The molecule has 3 rings (SSSR count). The van der Waals surface area contributed by atoms with E-state index in [1.807, 2.05) is 12.1 Å². The van der Waals surface area contributed by atoms with Crippen LogP contribution in [0.5, 0.6) is 17.2 Å². The molecule has 0 radical (unpaired) electrons. The van der Waals surface area contributed by atoms with Gasteiger partial charge in [-0.3, -0.25) is 0 Å². The van der Waals surface area contributed by atoms with Crippen molar-refractivity contribution in [2.24, 2.45) is 0 Å². The first-order chi connectivity index (χ1) is 9.65. The van der Waals surface area contributed by atoms with Crippen molar-refractivity contribution in [2.45, 2.75) is 12.3 Å². The minimum Gasteiger partial charge on any atom is -0.508 e. The van der Waals surface area contributed by atoms with Crippen LogP contribution in [-0.4, -0.2) is 28.4 Å². The van der Waals surface area contributed by atoms with E-state index >= 15 is 0 Å². The third-order valence-corrected chi connectivity index (χ3v) is 3.80. The van der Waals surface area contributed by atoms with Crippen LogP contribution in [0.2, 0.25) is 0 Å². The maximum absolute atomic E-state index is 9.77. The fourth-order valence-electron chi connectivity index (χ4n) is 2.80. The van der Waals surface area contributed by atoms with E-state index in [1.54, 1.807) is 24.3 Å². The second kappa shape index (κ2) is 6.37. The summed E-state index contributed by atoms with van der Waals surface area (Å²) in [5.74, 6) is 0.0958. The van der Waals surface area contributed by atoms with Crippen molar-refractivity contribution < 1.29 is 15.3 Å². The Morgan fingerprint density at radius 2 is 1.76 bits per heavy atom. The maximum atomic E-state index is 9.77. The lowest BCUT2D eigenvalue weighted by Gasteiger charge is -2.19. The van der Waals surface area contributed by atoms with E-state index in [1.165, 1.54) is 0 Å². The molecule has 1 aliphatic heterocycles. The van der Waals surface area contributed by atoms with Crippen LogP contribution in [0.4, 0.5) is 0 Å². The molecule has 1 aliphatic rings. The van der Waals surface area contributed by atoms with E-state index in [2.05, 4.69) is 5.32 Å². The molecule has 1 unspecified atom stereocenters. The fraction of sp³-hybridized carbons (Fsp3) is 0.250. The number of phenols is 3. The topological polar surface area (TPSA) is 72.7 Å². The molecule has 4 nitrogen and oxygen atoms in total. The van der Waals surface area contributed by atoms with Gasteiger partial charge >= 0.3 is 0 Å². The minimum atomic E-state index is -0.101. The van der Waals surface area contributed by atoms with E-state index in [9.17, 15) is 15.3 Å². The molecular weight excluding hydrogens is 334 g/mol. The summed E-state index contributed by atoms with van der Waals surface area (Å²) in [6.07, 6.45) is 0.804. The monoisotopic (exact) mass is 351 g/mol. The number of hydrogen-bond donors (Lipinski definition) is 4. The lowest BCUT2D eigenvalue weighted by atomic mass is 9.87. The average Bonchev–Trinajstić information content (AvgIpc) is 2.62. The normalized spacial score (nSPS) is 17.4. The first kappa shape index (κ1) is 15.7. The number of phenolic OH excluding ortho intramolecular Hbond substituents is 3. The van der Waals surface area contributed by atoms with Crippen LogP contribution in [0.25, 0.3) is 0 Å². The van der Waals surface area contributed by atoms with Gasteiger partial charge in [-0.25, -0.2) is 0 Å². The van der Waals surface area contributed by atoms with Gasteiger partial charge < -0.3 is 20.6 Å². The fourth-order valence-corrected chi connectivity index (χ4v) is 2.80. The Hall–Kier alpha value is -1.72. The van der Waals surface area contributed by atoms with Gasteiger partial charge in [0.15, 0.2) is 11.5 Å². The van der Waals surface area contributed by atoms with Gasteiger partial charge in [-0.05, 0) is 53.9 Å². The second-order valence-corrected chi connectivity index (χ2v) is 5.14. The zero-order chi connectivity index (χ0) is 14.1. The van der Waals surface area contributed by atoms with E-state index in [-0.39, 0.29) is 40.1 Å². The van der Waals surface area contributed by atoms with E-state index in [0.717, 1.165) is 36.2 Å². The number of fused-ring (bicyclic) bond motifs is 1. The van der Waals surface area contributed by atoms with Crippen LogP contribution in [0.1, 0.15) is 22.6 Å². The number of halogens is 1. The van der Waals surface area contributed by atoms with Crippen LogP contribution in [0.3, 0.4) is 0 Å². The van der Waals surface area contributed by atoms with Crippen LogP contribution in [0, 0.1) is 0 Å². The Balaban J connectivity index is 0.00000161. The number of benzene rings is 2. The second-order valence-electron chi connectivity index (χ2n) is 5.14. The summed E-state index contributed by atoms with van der Waals surface area (Å²) < 4.78 is 0. The molecule has 4 N–H and O–H groups in total. The molecule has 0 bridgehead atoms. The summed E-state index contributed by atoms with van der Waals surface area (Å²) in [6.45, 7) is 1.56. The largest absolute Gasteiger partial charge is 0.508 e. The summed E-state index contributed by atoms with van der Waals surface area (Å²) in [5.41, 5.74) is 3.01. The van der Waals surface area contributed by atoms with E-state index in [0.29, 0.717) is 0 Å². The highest BCUT2D eigenvalue weighted by Gasteiger charge is 2.22. The van der Waals surface area contributed by atoms with Crippen molar-refractivity contribution in [2.75, 3.05) is 13.1 Å². The molecule has 21 heavy (non-hydrogen) atoms. The molecule has 2 aromatic rings. The quantitative estimate of drug-likeness (QED) is 0.596. The summed E-state index contributed by atoms with van der Waals surface area (Å²) in [7, 11) is 0. The highest BCUT2D eigenvalue weighted by molar-refractivity contribution is 8.93. The average molecular weight is 352 g/mol. The van der Waals surface area contributed by atoms with E-state index in [4.69, 9.17) is 0 Å². The van der Waals surface area contributed by atoms with Gasteiger partial charge in [0.25, 0.3) is 0 Å². The smallest absolute Gasteiger partial charge is 0.157 e. The Kier molecular flexibility index (Phi) is 4.75. The zero-order valence-corrected chi connectivity index (χ0v) is 13.1. The summed E-state index contributed by atoms with van der Waals surface area (Å²) >= 11 is 0.